The van der Waals surface area contributed by atoms with Crippen LogP contribution in [0.15, 0.2) is 47.4 Å². The number of fused-ring (bicyclic) bond motifs is 1. The van der Waals surface area contributed by atoms with E-state index in [9.17, 15) is 17.6 Å². The highest BCUT2D eigenvalue weighted by Gasteiger charge is 2.37. The van der Waals surface area contributed by atoms with Gasteiger partial charge in [0, 0.05) is 19.0 Å². The van der Waals surface area contributed by atoms with Crippen molar-refractivity contribution >= 4 is 15.9 Å². The number of sulfonamides is 1. The van der Waals surface area contributed by atoms with E-state index in [-0.39, 0.29) is 23.3 Å². The van der Waals surface area contributed by atoms with E-state index in [1.807, 2.05) is 24.3 Å². The highest BCUT2D eigenvalue weighted by atomic mass is 32.2. The third-order valence-corrected chi connectivity index (χ3v) is 8.60. The Labute approximate surface area is 183 Å². The molecule has 1 N–H and O–H groups in total. The molecule has 166 valence electrons. The molecule has 1 aliphatic heterocycles. The Morgan fingerprint density at radius 3 is 2.61 bits per heavy atom. The first kappa shape index (κ1) is 22.0. The third kappa shape index (κ3) is 4.53. The first-order valence-corrected chi connectivity index (χ1v) is 12.5. The summed E-state index contributed by atoms with van der Waals surface area (Å²) in [5, 5.41) is 3.04. The molecule has 1 atom stereocenters. The van der Waals surface area contributed by atoms with Gasteiger partial charge in [-0.05, 0) is 61.1 Å². The van der Waals surface area contributed by atoms with Crippen molar-refractivity contribution in [3.05, 3.63) is 65.0 Å². The molecule has 7 heteroatoms. The molecular weight excluding hydrogens is 415 g/mol. The maximum Gasteiger partial charge on any atom is 0.243 e. The van der Waals surface area contributed by atoms with Crippen molar-refractivity contribution in [1.29, 1.82) is 0 Å². The average molecular weight is 445 g/mol. The molecule has 1 fully saturated rings. The Morgan fingerprint density at radius 1 is 1.13 bits per heavy atom. The fourth-order valence-electron chi connectivity index (χ4n) is 4.86. The van der Waals surface area contributed by atoms with Crippen LogP contribution in [0.1, 0.15) is 54.8 Å². The van der Waals surface area contributed by atoms with Crippen LogP contribution in [0.5, 0.6) is 0 Å². The van der Waals surface area contributed by atoms with Gasteiger partial charge in [-0.3, -0.25) is 4.79 Å². The van der Waals surface area contributed by atoms with Crippen molar-refractivity contribution in [2.45, 2.75) is 56.4 Å². The molecule has 0 aromatic heterocycles. The van der Waals surface area contributed by atoms with E-state index in [0.29, 0.717) is 18.5 Å². The van der Waals surface area contributed by atoms with E-state index < -0.39 is 21.9 Å². The van der Waals surface area contributed by atoms with E-state index in [0.717, 1.165) is 36.8 Å². The van der Waals surface area contributed by atoms with Crippen LogP contribution in [0.4, 0.5) is 4.39 Å². The van der Waals surface area contributed by atoms with Gasteiger partial charge in [0.2, 0.25) is 15.9 Å². The normalized spacial score (nSPS) is 20.3. The topological polar surface area (TPSA) is 66.5 Å². The molecule has 2 aromatic carbocycles. The Balaban J connectivity index is 1.63. The minimum atomic E-state index is -3.86. The van der Waals surface area contributed by atoms with Gasteiger partial charge < -0.3 is 5.32 Å². The van der Waals surface area contributed by atoms with E-state index in [1.165, 1.54) is 28.9 Å². The van der Waals surface area contributed by atoms with E-state index in [2.05, 4.69) is 5.32 Å². The Bertz CT molecular complexity index is 1060. The van der Waals surface area contributed by atoms with Crippen LogP contribution < -0.4 is 5.32 Å². The molecule has 1 heterocycles. The molecule has 2 aliphatic rings. The van der Waals surface area contributed by atoms with Gasteiger partial charge in [0.05, 0.1) is 10.9 Å². The zero-order valence-electron chi connectivity index (χ0n) is 17.8. The number of hydrogen-bond donors (Lipinski definition) is 1. The zero-order valence-corrected chi connectivity index (χ0v) is 18.6. The zero-order chi connectivity index (χ0) is 22.0. The number of aryl methyl sites for hydroxylation is 1. The van der Waals surface area contributed by atoms with Crippen molar-refractivity contribution in [3.63, 3.8) is 0 Å². The van der Waals surface area contributed by atoms with Gasteiger partial charge in [-0.2, -0.15) is 4.31 Å². The summed E-state index contributed by atoms with van der Waals surface area (Å²) in [5.41, 5.74) is 2.39. The number of nitrogens with zero attached hydrogens (tertiary/aromatic N) is 1. The maximum absolute atomic E-state index is 13.6. The highest BCUT2D eigenvalue weighted by molar-refractivity contribution is 7.89. The van der Waals surface area contributed by atoms with Crippen molar-refractivity contribution < 1.29 is 17.6 Å². The van der Waals surface area contributed by atoms with Gasteiger partial charge in [-0.25, -0.2) is 12.8 Å². The summed E-state index contributed by atoms with van der Waals surface area (Å²) in [7, 11) is -3.86. The van der Waals surface area contributed by atoms with Crippen LogP contribution >= 0.6 is 0 Å². The molecule has 0 saturated heterocycles. The second-order valence-corrected chi connectivity index (χ2v) is 10.4. The smallest absolute Gasteiger partial charge is 0.243 e. The van der Waals surface area contributed by atoms with Crippen LogP contribution in [0.2, 0.25) is 0 Å². The first-order chi connectivity index (χ1) is 14.9. The van der Waals surface area contributed by atoms with E-state index in [4.69, 9.17) is 0 Å². The number of rotatable bonds is 5. The average Bonchev–Trinajstić information content (AvgIpc) is 2.77. The number of carbonyl (C=O) groups is 1. The molecule has 1 unspecified atom stereocenters. The van der Waals surface area contributed by atoms with Crippen LogP contribution in [0, 0.1) is 18.7 Å². The van der Waals surface area contributed by atoms with Crippen LogP contribution in [-0.4, -0.2) is 31.7 Å². The summed E-state index contributed by atoms with van der Waals surface area (Å²) >= 11 is 0. The maximum atomic E-state index is 13.6. The molecule has 0 bridgehead atoms. The van der Waals surface area contributed by atoms with E-state index in [1.54, 1.807) is 6.92 Å². The summed E-state index contributed by atoms with van der Waals surface area (Å²) in [6.45, 7) is 2.15. The largest absolute Gasteiger partial charge is 0.354 e. The molecule has 1 saturated carbocycles. The van der Waals surface area contributed by atoms with Gasteiger partial charge in [-0.1, -0.05) is 43.5 Å². The lowest BCUT2D eigenvalue weighted by Gasteiger charge is -2.37. The summed E-state index contributed by atoms with van der Waals surface area (Å²) in [6, 6.07) is 11.1. The predicted molar refractivity (Wildman–Crippen MR) is 118 cm³/mol. The van der Waals surface area contributed by atoms with Gasteiger partial charge in [0.1, 0.15) is 5.82 Å². The molecule has 31 heavy (non-hydrogen) atoms. The van der Waals surface area contributed by atoms with Gasteiger partial charge in [0.15, 0.2) is 0 Å². The Hall–Kier alpha value is -2.25. The minimum Gasteiger partial charge on any atom is -0.354 e. The molecule has 0 radical (unpaired) electrons. The number of carbonyl (C=O) groups excluding carboxylic acids is 1. The standard InChI is InChI=1S/C24H29FN2O3S/c1-17-15-20(25)11-12-23(17)31(29,30)27-14-13-18-7-5-6-10-21(18)22(27)16-26-24(28)19-8-3-2-4-9-19/h5-7,10-12,15,19,22H,2-4,8-9,13-14,16H2,1H3,(H,26,28). The van der Waals surface area contributed by atoms with Crippen molar-refractivity contribution in [2.24, 2.45) is 5.92 Å². The number of benzene rings is 2. The number of amides is 1. The lowest BCUT2D eigenvalue weighted by molar-refractivity contribution is -0.126. The molecule has 4 rings (SSSR count). The summed E-state index contributed by atoms with van der Waals surface area (Å²) < 4.78 is 42.2. The number of nitrogens with one attached hydrogen (secondary N) is 1. The molecule has 0 spiro atoms. The molecule has 5 nitrogen and oxygen atoms in total. The van der Waals surface area contributed by atoms with Crippen LogP contribution in [0.25, 0.3) is 0 Å². The third-order valence-electron chi connectivity index (χ3n) is 6.53. The quantitative estimate of drug-likeness (QED) is 0.755. The van der Waals surface area contributed by atoms with Gasteiger partial charge in [0.25, 0.3) is 0 Å². The second-order valence-electron chi connectivity index (χ2n) is 8.57. The Morgan fingerprint density at radius 2 is 1.87 bits per heavy atom. The number of hydrogen-bond acceptors (Lipinski definition) is 3. The summed E-state index contributed by atoms with van der Waals surface area (Å²) in [6.07, 6.45) is 5.68. The number of halogens is 1. The lowest BCUT2D eigenvalue weighted by Crippen LogP contribution is -2.46. The molecule has 2 aromatic rings. The predicted octanol–water partition coefficient (Wildman–Crippen LogP) is 4.12. The lowest BCUT2D eigenvalue weighted by atomic mass is 9.88. The first-order valence-electron chi connectivity index (χ1n) is 11.0. The van der Waals surface area contributed by atoms with Crippen LogP contribution in [0.3, 0.4) is 0 Å². The van der Waals surface area contributed by atoms with Gasteiger partial charge in [-0.15, -0.1) is 0 Å². The van der Waals surface area contributed by atoms with Crippen LogP contribution in [-0.2, 0) is 21.2 Å². The summed E-state index contributed by atoms with van der Waals surface area (Å²) in [4.78, 5) is 12.9. The van der Waals surface area contributed by atoms with Crippen molar-refractivity contribution in [1.82, 2.24) is 9.62 Å². The molecular formula is C24H29FN2O3S. The highest BCUT2D eigenvalue weighted by Crippen LogP contribution is 2.35. The van der Waals surface area contributed by atoms with Crippen molar-refractivity contribution in [3.8, 4) is 0 Å². The monoisotopic (exact) mass is 444 g/mol. The Kier molecular flexibility index (Phi) is 6.44. The van der Waals surface area contributed by atoms with Crippen molar-refractivity contribution in [2.75, 3.05) is 13.1 Å². The SMILES string of the molecule is Cc1cc(F)ccc1S(=O)(=O)N1CCc2ccccc2C1CNC(=O)C1CCCCC1. The minimum absolute atomic E-state index is 0.0111. The van der Waals surface area contributed by atoms with Gasteiger partial charge >= 0.3 is 0 Å². The summed E-state index contributed by atoms with van der Waals surface area (Å²) in [5.74, 6) is -0.438. The second kappa shape index (κ2) is 9.09. The van der Waals surface area contributed by atoms with E-state index >= 15 is 0 Å². The fraction of sp³-hybridized carbons (Fsp3) is 0.458. The molecule has 1 amide bonds. The molecule has 1 aliphatic carbocycles. The fourth-order valence-corrected chi connectivity index (χ4v) is 6.68.